The van der Waals surface area contributed by atoms with Gasteiger partial charge in [0.2, 0.25) is 11.8 Å². The first-order valence-electron chi connectivity index (χ1n) is 11.8. The van der Waals surface area contributed by atoms with E-state index in [9.17, 15) is 14.0 Å². The van der Waals surface area contributed by atoms with Crippen LogP contribution >= 0.6 is 0 Å². The monoisotopic (exact) mass is 460 g/mol. The highest BCUT2D eigenvalue weighted by Gasteiger charge is 2.30. The third-order valence-electron chi connectivity index (χ3n) is 5.72. The lowest BCUT2D eigenvalue weighted by molar-refractivity contribution is -0.141. The summed E-state index contributed by atoms with van der Waals surface area (Å²) in [6.45, 7) is 6.07. The highest BCUT2D eigenvalue weighted by molar-refractivity contribution is 5.88. The summed E-state index contributed by atoms with van der Waals surface area (Å²) in [6, 6.07) is 23.2. The average molecular weight is 461 g/mol. The Hall–Kier alpha value is -3.47. The average Bonchev–Trinajstić information content (AvgIpc) is 2.82. The van der Waals surface area contributed by atoms with E-state index in [2.05, 4.69) is 5.32 Å². The summed E-state index contributed by atoms with van der Waals surface area (Å²) in [5, 5.41) is 2.98. The van der Waals surface area contributed by atoms with E-state index in [1.807, 2.05) is 75.4 Å². The molecule has 0 aliphatic carbocycles. The Bertz CT molecular complexity index is 1060. The Balaban J connectivity index is 1.89. The van der Waals surface area contributed by atoms with Gasteiger partial charge in [-0.15, -0.1) is 0 Å². The Morgan fingerprint density at radius 2 is 1.47 bits per heavy atom. The molecule has 0 heterocycles. The maximum absolute atomic E-state index is 13.5. The molecule has 0 radical (unpaired) electrons. The number of nitrogens with zero attached hydrogens (tertiary/aromatic N) is 1. The maximum atomic E-state index is 13.5. The topological polar surface area (TPSA) is 49.4 Å². The fourth-order valence-corrected chi connectivity index (χ4v) is 3.87. The molecule has 1 unspecified atom stereocenters. The molecule has 0 spiro atoms. The van der Waals surface area contributed by atoms with Gasteiger partial charge in [0.05, 0.1) is 0 Å². The van der Waals surface area contributed by atoms with Gasteiger partial charge in [0.25, 0.3) is 0 Å². The molecule has 0 saturated carbocycles. The van der Waals surface area contributed by atoms with Crippen LogP contribution in [0.25, 0.3) is 0 Å². The number of aryl methyl sites for hydroxylation is 2. The van der Waals surface area contributed by atoms with Crippen LogP contribution in [-0.2, 0) is 29.0 Å². The van der Waals surface area contributed by atoms with Crippen molar-refractivity contribution in [2.75, 3.05) is 0 Å². The van der Waals surface area contributed by atoms with Crippen molar-refractivity contribution in [2.24, 2.45) is 0 Å². The van der Waals surface area contributed by atoms with Gasteiger partial charge in [-0.2, -0.15) is 0 Å². The molecule has 0 aliphatic heterocycles. The molecule has 0 bridgehead atoms. The number of carbonyl (C=O) groups is 2. The van der Waals surface area contributed by atoms with Gasteiger partial charge in [0, 0.05) is 25.4 Å². The minimum atomic E-state index is -0.680. The number of amides is 2. The van der Waals surface area contributed by atoms with Crippen LogP contribution < -0.4 is 5.32 Å². The lowest BCUT2D eigenvalue weighted by Crippen LogP contribution is -2.51. The van der Waals surface area contributed by atoms with Crippen molar-refractivity contribution < 1.29 is 14.0 Å². The van der Waals surface area contributed by atoms with Gasteiger partial charge in [-0.3, -0.25) is 9.59 Å². The largest absolute Gasteiger partial charge is 0.352 e. The van der Waals surface area contributed by atoms with Gasteiger partial charge >= 0.3 is 0 Å². The second kappa shape index (κ2) is 12.1. The second-order valence-electron chi connectivity index (χ2n) is 9.00. The smallest absolute Gasteiger partial charge is 0.243 e. The first-order valence-corrected chi connectivity index (χ1v) is 11.8. The molecule has 1 N–H and O–H groups in total. The van der Waals surface area contributed by atoms with Gasteiger partial charge in [-0.05, 0) is 56.0 Å². The molecule has 2 amide bonds. The number of nitrogens with one attached hydrogen (secondary N) is 1. The Morgan fingerprint density at radius 3 is 2.09 bits per heavy atom. The van der Waals surface area contributed by atoms with Crippen LogP contribution in [0, 0.1) is 12.7 Å². The van der Waals surface area contributed by atoms with Gasteiger partial charge in [0.1, 0.15) is 11.9 Å². The molecule has 0 aliphatic rings. The standard InChI is InChI=1S/C29H33FN2O2/c1-21(2)31-29(34)27(19-24-7-5-4-6-8-24)32(20-25-13-16-26(30)17-14-25)28(33)18-15-23-11-9-22(3)10-12-23/h4-14,16-17,21,27H,15,18-20H2,1-3H3,(H,31,34). The predicted octanol–water partition coefficient (Wildman–Crippen LogP) is 5.23. The molecule has 5 heteroatoms. The molecule has 34 heavy (non-hydrogen) atoms. The van der Waals surface area contributed by atoms with E-state index < -0.39 is 6.04 Å². The molecule has 3 aromatic rings. The van der Waals surface area contributed by atoms with Gasteiger partial charge in [-0.25, -0.2) is 4.39 Å². The molecule has 4 nitrogen and oxygen atoms in total. The van der Waals surface area contributed by atoms with Crippen molar-refractivity contribution in [1.82, 2.24) is 10.2 Å². The summed E-state index contributed by atoms with van der Waals surface area (Å²) in [4.78, 5) is 28.5. The van der Waals surface area contributed by atoms with Crippen LogP contribution in [0.1, 0.15) is 42.5 Å². The fourth-order valence-electron chi connectivity index (χ4n) is 3.87. The molecule has 0 saturated heterocycles. The van der Waals surface area contributed by atoms with Gasteiger partial charge in [-0.1, -0.05) is 72.3 Å². The number of hydrogen-bond donors (Lipinski definition) is 1. The molecule has 3 rings (SSSR count). The first-order chi connectivity index (χ1) is 16.3. The van der Waals surface area contributed by atoms with E-state index >= 15 is 0 Å². The Kier molecular flexibility index (Phi) is 8.97. The van der Waals surface area contributed by atoms with Crippen molar-refractivity contribution in [3.63, 3.8) is 0 Å². The van der Waals surface area contributed by atoms with Crippen molar-refractivity contribution in [2.45, 2.75) is 58.7 Å². The van der Waals surface area contributed by atoms with E-state index in [-0.39, 0.29) is 36.6 Å². The summed E-state index contributed by atoms with van der Waals surface area (Å²) >= 11 is 0. The summed E-state index contributed by atoms with van der Waals surface area (Å²) in [6.07, 6.45) is 1.27. The lowest BCUT2D eigenvalue weighted by Gasteiger charge is -2.32. The summed E-state index contributed by atoms with van der Waals surface area (Å²) in [5.41, 5.74) is 4.00. The minimum Gasteiger partial charge on any atom is -0.352 e. The van der Waals surface area contributed by atoms with E-state index in [0.29, 0.717) is 12.8 Å². The number of rotatable bonds is 10. The van der Waals surface area contributed by atoms with E-state index in [0.717, 1.165) is 16.7 Å². The van der Waals surface area contributed by atoms with E-state index in [1.165, 1.54) is 17.7 Å². The Morgan fingerprint density at radius 1 is 0.853 bits per heavy atom. The third-order valence-corrected chi connectivity index (χ3v) is 5.72. The normalized spacial score (nSPS) is 11.8. The molecule has 178 valence electrons. The van der Waals surface area contributed by atoms with Gasteiger partial charge in [0.15, 0.2) is 0 Å². The maximum Gasteiger partial charge on any atom is 0.243 e. The third kappa shape index (κ3) is 7.55. The van der Waals surface area contributed by atoms with Gasteiger partial charge < -0.3 is 10.2 Å². The molecule has 0 fully saturated rings. The van der Waals surface area contributed by atoms with Crippen molar-refractivity contribution in [3.8, 4) is 0 Å². The fraction of sp³-hybridized carbons (Fsp3) is 0.310. The van der Waals surface area contributed by atoms with Crippen LogP contribution in [0.4, 0.5) is 4.39 Å². The van der Waals surface area contributed by atoms with Crippen LogP contribution in [0.15, 0.2) is 78.9 Å². The SMILES string of the molecule is Cc1ccc(CCC(=O)N(Cc2ccc(F)cc2)C(Cc2ccccc2)C(=O)NC(C)C)cc1. The molecule has 1 atom stereocenters. The lowest BCUT2D eigenvalue weighted by atomic mass is 10.0. The quantitative estimate of drug-likeness (QED) is 0.450. The molecule has 0 aromatic heterocycles. The number of carbonyl (C=O) groups excluding carboxylic acids is 2. The van der Waals surface area contributed by atoms with Crippen LogP contribution in [0.2, 0.25) is 0 Å². The highest BCUT2D eigenvalue weighted by atomic mass is 19.1. The van der Waals surface area contributed by atoms with Crippen LogP contribution in [-0.4, -0.2) is 28.8 Å². The predicted molar refractivity (Wildman–Crippen MR) is 134 cm³/mol. The highest BCUT2D eigenvalue weighted by Crippen LogP contribution is 2.18. The van der Waals surface area contributed by atoms with E-state index in [1.54, 1.807) is 17.0 Å². The summed E-state index contributed by atoms with van der Waals surface area (Å²) in [5.74, 6) is -0.631. The number of benzene rings is 3. The second-order valence-corrected chi connectivity index (χ2v) is 9.00. The number of halogens is 1. The first kappa shape index (κ1) is 25.2. The van der Waals surface area contributed by atoms with Crippen LogP contribution in [0.3, 0.4) is 0 Å². The van der Waals surface area contributed by atoms with Crippen molar-refractivity contribution in [1.29, 1.82) is 0 Å². The molecular weight excluding hydrogens is 427 g/mol. The van der Waals surface area contributed by atoms with E-state index in [4.69, 9.17) is 0 Å². The Labute approximate surface area is 201 Å². The zero-order valence-electron chi connectivity index (χ0n) is 20.1. The molecular formula is C29H33FN2O2. The number of hydrogen-bond acceptors (Lipinski definition) is 2. The zero-order valence-corrected chi connectivity index (χ0v) is 20.1. The van der Waals surface area contributed by atoms with Crippen LogP contribution in [0.5, 0.6) is 0 Å². The van der Waals surface area contributed by atoms with Crippen molar-refractivity contribution in [3.05, 3.63) is 107 Å². The minimum absolute atomic E-state index is 0.0545. The molecule has 3 aromatic carbocycles. The van der Waals surface area contributed by atoms with Crippen molar-refractivity contribution >= 4 is 11.8 Å². The summed E-state index contributed by atoms with van der Waals surface area (Å²) in [7, 11) is 0. The zero-order chi connectivity index (χ0) is 24.5. The summed E-state index contributed by atoms with van der Waals surface area (Å²) < 4.78 is 13.5.